The maximum atomic E-state index is 5.87. The fourth-order valence-electron chi connectivity index (χ4n) is 3.92. The van der Waals surface area contributed by atoms with E-state index in [1.54, 1.807) is 0 Å². The largest absolute Gasteiger partial charge is 0.457 e. The summed E-state index contributed by atoms with van der Waals surface area (Å²) >= 11 is 5.80. The average molecular weight is 412 g/mol. The Hall–Kier alpha value is -2.11. The van der Waals surface area contributed by atoms with Gasteiger partial charge >= 0.3 is 0 Å². The highest BCUT2D eigenvalue weighted by molar-refractivity contribution is 7.80. The molecule has 0 spiro atoms. The normalized spacial score (nSPS) is 15.5. The number of benzene rings is 2. The van der Waals surface area contributed by atoms with Gasteiger partial charge in [0.2, 0.25) is 0 Å². The van der Waals surface area contributed by atoms with Gasteiger partial charge in [-0.3, -0.25) is 0 Å². The predicted molar refractivity (Wildman–Crippen MR) is 126 cm³/mol. The number of likely N-dealkylation sites (tertiary alicyclic amines) is 1. The third-order valence-corrected chi connectivity index (χ3v) is 5.81. The Balaban J connectivity index is 1.60. The summed E-state index contributed by atoms with van der Waals surface area (Å²) in [6.45, 7) is 11.3. The minimum Gasteiger partial charge on any atom is -0.457 e. The van der Waals surface area contributed by atoms with Crippen molar-refractivity contribution in [3.63, 3.8) is 0 Å². The van der Waals surface area contributed by atoms with Gasteiger partial charge in [0.15, 0.2) is 5.11 Å². The minimum atomic E-state index is 0.367. The predicted octanol–water partition coefficient (Wildman–Crippen LogP) is 5.76. The summed E-state index contributed by atoms with van der Waals surface area (Å²) in [5, 5.41) is 4.24. The van der Waals surface area contributed by atoms with E-state index in [0.29, 0.717) is 18.1 Å². The molecule has 0 unspecified atom stereocenters. The van der Waals surface area contributed by atoms with E-state index in [2.05, 4.69) is 42.8 Å². The molecule has 0 saturated carbocycles. The van der Waals surface area contributed by atoms with Crippen molar-refractivity contribution in [3.05, 3.63) is 54.6 Å². The molecule has 2 aromatic carbocycles. The highest BCUT2D eigenvalue weighted by Gasteiger charge is 2.28. The monoisotopic (exact) mass is 411 g/mol. The van der Waals surface area contributed by atoms with Crippen LogP contribution >= 0.6 is 12.2 Å². The van der Waals surface area contributed by atoms with Crippen LogP contribution in [0.3, 0.4) is 0 Å². The van der Waals surface area contributed by atoms with Crippen LogP contribution in [0.15, 0.2) is 54.6 Å². The van der Waals surface area contributed by atoms with Crippen LogP contribution in [0.4, 0.5) is 5.69 Å². The van der Waals surface area contributed by atoms with Gasteiger partial charge in [-0.2, -0.15) is 0 Å². The lowest BCUT2D eigenvalue weighted by atomic mass is 10.0. The number of anilines is 1. The lowest BCUT2D eigenvalue weighted by molar-refractivity contribution is 0.117. The second-order valence-electron chi connectivity index (χ2n) is 8.23. The van der Waals surface area contributed by atoms with E-state index < -0.39 is 0 Å². The number of nitrogens with zero attached hydrogens (tertiary/aromatic N) is 2. The Morgan fingerprint density at radius 3 is 2.10 bits per heavy atom. The van der Waals surface area contributed by atoms with E-state index in [9.17, 15) is 0 Å². The van der Waals surface area contributed by atoms with E-state index in [4.69, 9.17) is 17.0 Å². The SMILES string of the molecule is CC(C)N1CCC(N(C(=S)Nc2ccc(Oc3ccccc3)cc2)C(C)C)CC1. The molecule has 3 rings (SSSR count). The number of hydrogen-bond acceptors (Lipinski definition) is 3. The Morgan fingerprint density at radius 2 is 1.55 bits per heavy atom. The summed E-state index contributed by atoms with van der Waals surface area (Å²) in [5.41, 5.74) is 0.987. The highest BCUT2D eigenvalue weighted by atomic mass is 32.1. The number of piperidine rings is 1. The van der Waals surface area contributed by atoms with Crippen molar-refractivity contribution in [1.29, 1.82) is 0 Å². The smallest absolute Gasteiger partial charge is 0.173 e. The van der Waals surface area contributed by atoms with Crippen molar-refractivity contribution >= 4 is 23.0 Å². The third kappa shape index (κ3) is 5.94. The first-order valence-electron chi connectivity index (χ1n) is 10.6. The number of nitrogens with one attached hydrogen (secondary N) is 1. The summed E-state index contributed by atoms with van der Waals surface area (Å²) in [5.74, 6) is 1.65. The molecular weight excluding hydrogens is 378 g/mol. The molecule has 0 amide bonds. The van der Waals surface area contributed by atoms with Crippen LogP contribution in [0.5, 0.6) is 11.5 Å². The molecule has 156 valence electrons. The van der Waals surface area contributed by atoms with Gasteiger partial charge in [-0.1, -0.05) is 18.2 Å². The van der Waals surface area contributed by atoms with Crippen LogP contribution in [0.25, 0.3) is 0 Å². The van der Waals surface area contributed by atoms with Crippen molar-refractivity contribution in [1.82, 2.24) is 9.80 Å². The Morgan fingerprint density at radius 1 is 0.966 bits per heavy atom. The molecule has 1 aliphatic heterocycles. The summed E-state index contributed by atoms with van der Waals surface area (Å²) < 4.78 is 5.87. The zero-order chi connectivity index (χ0) is 20.8. The Labute approximate surface area is 180 Å². The third-order valence-electron chi connectivity index (χ3n) is 5.50. The lowest BCUT2D eigenvalue weighted by Gasteiger charge is -2.43. The first-order chi connectivity index (χ1) is 13.9. The van der Waals surface area contributed by atoms with Crippen LogP contribution in [0.1, 0.15) is 40.5 Å². The second-order valence-corrected chi connectivity index (χ2v) is 8.62. The van der Waals surface area contributed by atoms with E-state index in [1.807, 2.05) is 54.6 Å². The molecule has 1 saturated heterocycles. The molecule has 0 aliphatic carbocycles. The fourth-order valence-corrected chi connectivity index (χ4v) is 4.40. The average Bonchev–Trinajstić information content (AvgIpc) is 2.70. The molecule has 29 heavy (non-hydrogen) atoms. The molecule has 1 aliphatic rings. The quantitative estimate of drug-likeness (QED) is 0.610. The summed E-state index contributed by atoms with van der Waals surface area (Å²) in [6.07, 6.45) is 2.31. The van der Waals surface area contributed by atoms with E-state index in [1.165, 1.54) is 0 Å². The summed E-state index contributed by atoms with van der Waals surface area (Å²) in [7, 11) is 0. The molecule has 2 aromatic rings. The van der Waals surface area contributed by atoms with Crippen molar-refractivity contribution in [2.24, 2.45) is 0 Å². The van der Waals surface area contributed by atoms with Gasteiger partial charge in [-0.25, -0.2) is 0 Å². The zero-order valence-electron chi connectivity index (χ0n) is 18.0. The molecule has 5 heteroatoms. The van der Waals surface area contributed by atoms with E-state index >= 15 is 0 Å². The molecule has 1 fully saturated rings. The number of para-hydroxylation sites is 1. The molecule has 4 nitrogen and oxygen atoms in total. The first-order valence-corrected chi connectivity index (χ1v) is 11.0. The van der Waals surface area contributed by atoms with Crippen molar-refractivity contribution in [2.45, 2.75) is 58.7 Å². The molecular formula is C24H33N3OS. The summed E-state index contributed by atoms with van der Waals surface area (Å²) in [4.78, 5) is 4.93. The van der Waals surface area contributed by atoms with Gasteiger partial charge in [-0.15, -0.1) is 0 Å². The van der Waals surface area contributed by atoms with Gasteiger partial charge in [0.05, 0.1) is 0 Å². The van der Waals surface area contributed by atoms with Crippen molar-refractivity contribution < 1.29 is 4.74 Å². The van der Waals surface area contributed by atoms with Crippen molar-refractivity contribution in [2.75, 3.05) is 18.4 Å². The number of thiocarbonyl (C=S) groups is 1. The first kappa shape index (κ1) is 21.6. The topological polar surface area (TPSA) is 27.7 Å². The molecule has 0 aromatic heterocycles. The van der Waals surface area contributed by atoms with E-state index in [0.717, 1.165) is 48.2 Å². The zero-order valence-corrected chi connectivity index (χ0v) is 18.8. The van der Waals surface area contributed by atoms with Gasteiger partial charge in [0.25, 0.3) is 0 Å². The second kappa shape index (κ2) is 10.1. The number of ether oxygens (including phenoxy) is 1. The number of rotatable bonds is 6. The summed E-state index contributed by atoms with van der Waals surface area (Å²) in [6, 6.07) is 19.3. The molecule has 1 heterocycles. The van der Waals surface area contributed by atoms with Gasteiger partial charge in [0, 0.05) is 36.9 Å². The van der Waals surface area contributed by atoms with Gasteiger partial charge in [0.1, 0.15) is 11.5 Å². The fraction of sp³-hybridized carbons (Fsp3) is 0.458. The maximum absolute atomic E-state index is 5.87. The molecule has 1 N–H and O–H groups in total. The Kier molecular flexibility index (Phi) is 7.51. The molecule has 0 atom stereocenters. The van der Waals surface area contributed by atoms with Crippen molar-refractivity contribution in [3.8, 4) is 11.5 Å². The van der Waals surface area contributed by atoms with Crippen LogP contribution in [-0.2, 0) is 0 Å². The van der Waals surface area contributed by atoms with Crippen LogP contribution in [-0.4, -0.2) is 46.1 Å². The number of hydrogen-bond donors (Lipinski definition) is 1. The molecule has 0 radical (unpaired) electrons. The lowest BCUT2D eigenvalue weighted by Crippen LogP contribution is -2.52. The maximum Gasteiger partial charge on any atom is 0.173 e. The van der Waals surface area contributed by atoms with Crippen LogP contribution in [0, 0.1) is 0 Å². The standard InChI is InChI=1S/C24H33N3OS/c1-18(2)26-16-14-21(15-17-26)27(19(3)4)24(29)25-20-10-12-23(13-11-20)28-22-8-6-5-7-9-22/h5-13,18-19,21H,14-17H2,1-4H3,(H,25,29). The highest BCUT2D eigenvalue weighted by Crippen LogP contribution is 2.24. The Bertz CT molecular complexity index is 768. The van der Waals surface area contributed by atoms with Gasteiger partial charge < -0.3 is 19.9 Å². The van der Waals surface area contributed by atoms with Crippen LogP contribution < -0.4 is 10.1 Å². The van der Waals surface area contributed by atoms with Crippen LogP contribution in [0.2, 0.25) is 0 Å². The minimum absolute atomic E-state index is 0.367. The van der Waals surface area contributed by atoms with E-state index in [-0.39, 0.29) is 0 Å². The van der Waals surface area contributed by atoms with Gasteiger partial charge in [-0.05, 0) is 89.2 Å². The molecule has 0 bridgehead atoms.